The summed E-state index contributed by atoms with van der Waals surface area (Å²) in [5.41, 5.74) is 4.62. The van der Waals surface area contributed by atoms with E-state index in [-0.39, 0.29) is 12.0 Å². The van der Waals surface area contributed by atoms with Crippen LogP contribution in [0.3, 0.4) is 0 Å². The second-order valence-electron chi connectivity index (χ2n) is 8.06. The van der Waals surface area contributed by atoms with Gasteiger partial charge in [0.15, 0.2) is 0 Å². The summed E-state index contributed by atoms with van der Waals surface area (Å²) in [6.07, 6.45) is 1.44. The number of para-hydroxylation sites is 1. The number of ether oxygens (including phenoxy) is 1. The molecular weight excluding hydrogens is 390 g/mol. The molecule has 6 nitrogen and oxygen atoms in total. The molecule has 3 rings (SSSR count). The number of carbonyl (C=O) groups excluding carboxylic acids is 2. The molecule has 6 heteroatoms. The van der Waals surface area contributed by atoms with Gasteiger partial charge in [-0.1, -0.05) is 38.1 Å². The van der Waals surface area contributed by atoms with E-state index < -0.39 is 6.09 Å². The first kappa shape index (κ1) is 22.8. The lowest BCUT2D eigenvalue weighted by atomic mass is 10.0. The fourth-order valence-corrected chi connectivity index (χ4v) is 3.94. The Hall–Kier alpha value is -2.86. The number of fused-ring (bicyclic) bond motifs is 2. The minimum atomic E-state index is -0.497. The summed E-state index contributed by atoms with van der Waals surface area (Å²) in [4.78, 5) is 29.7. The normalized spacial score (nSPS) is 12.9. The Morgan fingerprint density at radius 3 is 2.39 bits per heavy atom. The van der Waals surface area contributed by atoms with Crippen molar-refractivity contribution in [3.8, 4) is 0 Å². The van der Waals surface area contributed by atoms with Crippen LogP contribution in [0.15, 0.2) is 42.5 Å². The molecule has 0 aliphatic carbocycles. The second kappa shape index (κ2) is 10.4. The number of hydrogen-bond acceptors (Lipinski definition) is 4. The summed E-state index contributed by atoms with van der Waals surface area (Å²) >= 11 is 0. The fourth-order valence-electron chi connectivity index (χ4n) is 3.94. The maximum Gasteiger partial charge on any atom is 0.411 e. The summed E-state index contributed by atoms with van der Waals surface area (Å²) in [5.74, 6) is 0.0596. The average Bonchev–Trinajstić information content (AvgIpc) is 2.90. The quantitative estimate of drug-likeness (QED) is 0.670. The molecule has 0 atom stereocenters. The molecule has 0 spiro atoms. The first-order chi connectivity index (χ1) is 14.9. The summed E-state index contributed by atoms with van der Waals surface area (Å²) in [7, 11) is 0. The predicted octanol–water partition coefficient (Wildman–Crippen LogP) is 5.14. The second-order valence-corrected chi connectivity index (χ2v) is 8.06. The molecule has 2 aromatic carbocycles. The van der Waals surface area contributed by atoms with Crippen LogP contribution in [-0.4, -0.2) is 42.6 Å². The van der Waals surface area contributed by atoms with Crippen molar-refractivity contribution in [1.82, 2.24) is 4.90 Å². The monoisotopic (exact) mass is 423 g/mol. The van der Waals surface area contributed by atoms with Crippen molar-refractivity contribution >= 4 is 29.1 Å². The van der Waals surface area contributed by atoms with Crippen LogP contribution in [0.5, 0.6) is 0 Å². The van der Waals surface area contributed by atoms with Gasteiger partial charge in [0.2, 0.25) is 5.91 Å². The molecule has 0 saturated heterocycles. The lowest BCUT2D eigenvalue weighted by molar-refractivity contribution is -0.118. The number of hydrogen-bond donors (Lipinski definition) is 1. The lowest BCUT2D eigenvalue weighted by Crippen LogP contribution is -2.32. The Morgan fingerprint density at radius 2 is 1.71 bits per heavy atom. The van der Waals surface area contributed by atoms with Gasteiger partial charge in [0, 0.05) is 18.7 Å². The van der Waals surface area contributed by atoms with E-state index in [1.165, 1.54) is 0 Å². The third-order valence-corrected chi connectivity index (χ3v) is 5.60. The van der Waals surface area contributed by atoms with E-state index in [1.807, 2.05) is 55.1 Å². The summed E-state index contributed by atoms with van der Waals surface area (Å²) in [6, 6.07) is 13.8. The number of amides is 2. The predicted molar refractivity (Wildman–Crippen MR) is 125 cm³/mol. The van der Waals surface area contributed by atoms with Crippen molar-refractivity contribution in [3.63, 3.8) is 0 Å². The van der Waals surface area contributed by atoms with Gasteiger partial charge in [0.25, 0.3) is 0 Å². The highest BCUT2D eigenvalue weighted by Crippen LogP contribution is 2.38. The van der Waals surface area contributed by atoms with Gasteiger partial charge >= 0.3 is 6.09 Å². The third kappa shape index (κ3) is 5.64. The molecule has 0 fully saturated rings. The number of carbonyl (C=O) groups is 2. The Morgan fingerprint density at radius 1 is 1.03 bits per heavy atom. The minimum absolute atomic E-state index is 0.0596. The van der Waals surface area contributed by atoms with Gasteiger partial charge in [-0.3, -0.25) is 15.0 Å². The molecule has 2 aromatic rings. The number of benzene rings is 2. The molecule has 1 N–H and O–H groups in total. The SMILES string of the molecule is CCN(CC)CCC(=O)N1c2ccccc2CCc2ccc(NC(=O)OC(C)C)cc21. The standard InChI is InChI=1S/C25H33N3O3/c1-5-27(6-2)16-15-24(29)28-22-10-8-7-9-19(22)11-12-20-13-14-21(17-23(20)28)26-25(30)31-18(3)4/h7-10,13-14,17-18H,5-6,11-12,15-16H2,1-4H3,(H,26,30). The van der Waals surface area contributed by atoms with Gasteiger partial charge in [0.1, 0.15) is 0 Å². The third-order valence-electron chi connectivity index (χ3n) is 5.60. The van der Waals surface area contributed by atoms with E-state index in [9.17, 15) is 9.59 Å². The number of nitrogens with zero attached hydrogens (tertiary/aromatic N) is 2. The van der Waals surface area contributed by atoms with Gasteiger partial charge < -0.3 is 9.64 Å². The number of anilines is 3. The van der Waals surface area contributed by atoms with Crippen LogP contribution in [0, 0.1) is 0 Å². The molecule has 2 amide bonds. The summed E-state index contributed by atoms with van der Waals surface area (Å²) in [6.45, 7) is 10.4. The number of nitrogens with one attached hydrogen (secondary N) is 1. The summed E-state index contributed by atoms with van der Waals surface area (Å²) in [5, 5.41) is 2.79. The highest BCUT2D eigenvalue weighted by molar-refractivity contribution is 6.03. The number of rotatable bonds is 7. The smallest absolute Gasteiger partial charge is 0.411 e. The van der Waals surface area contributed by atoms with E-state index in [2.05, 4.69) is 30.1 Å². The molecule has 0 bridgehead atoms. The molecule has 1 aliphatic heterocycles. The van der Waals surface area contributed by atoms with Crippen LogP contribution in [0.1, 0.15) is 45.2 Å². The van der Waals surface area contributed by atoms with Crippen molar-refractivity contribution in [1.29, 1.82) is 0 Å². The van der Waals surface area contributed by atoms with Crippen molar-refractivity contribution in [2.24, 2.45) is 0 Å². The molecule has 0 unspecified atom stereocenters. The zero-order chi connectivity index (χ0) is 22.4. The topological polar surface area (TPSA) is 61.9 Å². The van der Waals surface area contributed by atoms with Crippen molar-refractivity contribution < 1.29 is 14.3 Å². The van der Waals surface area contributed by atoms with E-state index in [4.69, 9.17) is 4.74 Å². The van der Waals surface area contributed by atoms with Gasteiger partial charge in [-0.2, -0.15) is 0 Å². The molecule has 166 valence electrons. The number of aryl methyl sites for hydroxylation is 2. The van der Waals surface area contributed by atoms with Crippen LogP contribution in [0.2, 0.25) is 0 Å². The molecule has 0 saturated carbocycles. The van der Waals surface area contributed by atoms with Crippen LogP contribution in [-0.2, 0) is 22.4 Å². The minimum Gasteiger partial charge on any atom is -0.447 e. The summed E-state index contributed by atoms with van der Waals surface area (Å²) < 4.78 is 5.21. The maximum absolute atomic E-state index is 13.5. The van der Waals surface area contributed by atoms with Crippen LogP contribution in [0.25, 0.3) is 0 Å². The van der Waals surface area contributed by atoms with Crippen LogP contribution in [0.4, 0.5) is 21.9 Å². The molecule has 1 heterocycles. The van der Waals surface area contributed by atoms with Gasteiger partial charge in [-0.05, 0) is 69.1 Å². The Bertz CT molecular complexity index is 922. The largest absolute Gasteiger partial charge is 0.447 e. The Balaban J connectivity index is 1.95. The van der Waals surface area contributed by atoms with Crippen molar-refractivity contribution in [2.75, 3.05) is 29.9 Å². The fraction of sp³-hybridized carbons (Fsp3) is 0.440. The molecular formula is C25H33N3O3. The highest BCUT2D eigenvalue weighted by Gasteiger charge is 2.26. The molecule has 0 aromatic heterocycles. The first-order valence-electron chi connectivity index (χ1n) is 11.2. The van der Waals surface area contributed by atoms with Crippen LogP contribution < -0.4 is 10.2 Å². The first-order valence-corrected chi connectivity index (χ1v) is 11.2. The van der Waals surface area contributed by atoms with E-state index >= 15 is 0 Å². The Kier molecular flexibility index (Phi) is 7.69. The molecule has 31 heavy (non-hydrogen) atoms. The molecule has 0 radical (unpaired) electrons. The Labute approximate surface area is 185 Å². The lowest BCUT2D eigenvalue weighted by Gasteiger charge is -2.27. The highest BCUT2D eigenvalue weighted by atomic mass is 16.6. The van der Waals surface area contributed by atoms with Gasteiger partial charge in [0.05, 0.1) is 17.5 Å². The van der Waals surface area contributed by atoms with E-state index in [1.54, 1.807) is 0 Å². The van der Waals surface area contributed by atoms with Crippen LogP contribution >= 0.6 is 0 Å². The van der Waals surface area contributed by atoms with Gasteiger partial charge in [-0.25, -0.2) is 4.79 Å². The maximum atomic E-state index is 13.5. The zero-order valence-electron chi connectivity index (χ0n) is 19.0. The van der Waals surface area contributed by atoms with E-state index in [0.717, 1.165) is 55.0 Å². The van der Waals surface area contributed by atoms with E-state index in [0.29, 0.717) is 12.1 Å². The molecule has 1 aliphatic rings. The average molecular weight is 424 g/mol. The van der Waals surface area contributed by atoms with Gasteiger partial charge in [-0.15, -0.1) is 0 Å². The zero-order valence-corrected chi connectivity index (χ0v) is 19.0. The van der Waals surface area contributed by atoms with Crippen molar-refractivity contribution in [2.45, 2.75) is 53.1 Å². The van der Waals surface area contributed by atoms with Crippen molar-refractivity contribution in [3.05, 3.63) is 53.6 Å².